The number of alkyl halides is 3. The van der Waals surface area contributed by atoms with E-state index in [1.165, 1.54) is 31.5 Å². The van der Waals surface area contributed by atoms with Crippen molar-refractivity contribution in [3.05, 3.63) is 59.0 Å². The number of nitrogens with zero attached hydrogens (tertiary/aromatic N) is 5. The second kappa shape index (κ2) is 9.10. The molecule has 0 fully saturated rings. The van der Waals surface area contributed by atoms with Crippen LogP contribution in [0.3, 0.4) is 0 Å². The van der Waals surface area contributed by atoms with Crippen LogP contribution in [0.15, 0.2) is 35.2 Å². The molecule has 3 heterocycles. The summed E-state index contributed by atoms with van der Waals surface area (Å²) in [5.74, 6) is -2.21. The first-order valence-electron chi connectivity index (χ1n) is 10.7. The predicted octanol–water partition coefficient (Wildman–Crippen LogP) is 5.90. The van der Waals surface area contributed by atoms with Crippen molar-refractivity contribution in [2.45, 2.75) is 12.7 Å². The topological polar surface area (TPSA) is 114 Å². The van der Waals surface area contributed by atoms with Crippen LogP contribution in [-0.2, 0) is 12.7 Å². The number of thiophene rings is 1. The van der Waals surface area contributed by atoms with Crippen LogP contribution in [0.1, 0.15) is 16.7 Å². The quantitative estimate of drug-likeness (QED) is 0.271. The molecular weight excluding hydrogens is 531 g/mol. The number of halogens is 5. The summed E-state index contributed by atoms with van der Waals surface area (Å²) in [5, 5.41) is 12.6. The van der Waals surface area contributed by atoms with Crippen LogP contribution in [0, 0.1) is 23.0 Å². The monoisotopic (exact) mass is 546 g/mol. The van der Waals surface area contributed by atoms with Crippen LogP contribution in [0.5, 0.6) is 6.01 Å². The minimum atomic E-state index is -5.05. The van der Waals surface area contributed by atoms with Crippen molar-refractivity contribution >= 4 is 43.1 Å². The zero-order valence-electron chi connectivity index (χ0n) is 19.5. The Morgan fingerprint density at radius 1 is 1.24 bits per heavy atom. The molecule has 0 amide bonds. The third-order valence-electron chi connectivity index (χ3n) is 5.84. The number of nitrogens with two attached hydrogens (primary N) is 1. The highest BCUT2D eigenvalue weighted by Gasteiger charge is 2.38. The van der Waals surface area contributed by atoms with E-state index in [0.29, 0.717) is 16.9 Å². The standard InChI is InChI=1S/C24H15F5N6O2S/c1-35(8-10-7-32-37-9-10)22-12-5-14(24(27,28)29)17(18(26)19(12)33-23(34-22)36-2)11-3-4-15(25)20-16(11)13(6-30)21(31)38-20/h3-5,7,9H,8,31H2,1-2H3. The molecule has 0 aliphatic heterocycles. The molecule has 5 aromatic rings. The normalized spacial score (nSPS) is 11.7. The molecular formula is C24H15F5N6O2S. The Kier molecular flexibility index (Phi) is 6.03. The first kappa shape index (κ1) is 25.2. The highest BCUT2D eigenvalue weighted by Crippen LogP contribution is 2.47. The zero-order valence-corrected chi connectivity index (χ0v) is 20.3. The molecule has 2 aromatic carbocycles. The van der Waals surface area contributed by atoms with Gasteiger partial charge in [-0.25, -0.2) is 8.78 Å². The van der Waals surface area contributed by atoms with Gasteiger partial charge in [0.05, 0.1) is 29.1 Å². The molecule has 0 atom stereocenters. The average Bonchev–Trinajstić information content (AvgIpc) is 3.51. The van der Waals surface area contributed by atoms with Gasteiger partial charge in [0.15, 0.2) is 5.82 Å². The molecule has 0 radical (unpaired) electrons. The maximum absolute atomic E-state index is 16.3. The summed E-state index contributed by atoms with van der Waals surface area (Å²) in [6.07, 6.45) is -2.30. The number of hydrogen-bond donors (Lipinski definition) is 1. The van der Waals surface area contributed by atoms with Gasteiger partial charge in [-0.05, 0) is 17.7 Å². The number of aromatic nitrogens is 3. The highest BCUT2D eigenvalue weighted by molar-refractivity contribution is 7.23. The molecule has 0 bridgehead atoms. The fourth-order valence-corrected chi connectivity index (χ4v) is 5.17. The third-order valence-corrected chi connectivity index (χ3v) is 6.87. The van der Waals surface area contributed by atoms with Gasteiger partial charge in [-0.3, -0.25) is 0 Å². The zero-order chi connectivity index (χ0) is 27.4. The molecule has 0 aliphatic carbocycles. The summed E-state index contributed by atoms with van der Waals surface area (Å²) in [6, 6.07) is 4.10. The van der Waals surface area contributed by atoms with Gasteiger partial charge in [-0.15, -0.1) is 11.3 Å². The number of fused-ring (bicyclic) bond motifs is 2. The molecule has 0 aliphatic rings. The van der Waals surface area contributed by atoms with Gasteiger partial charge < -0.3 is 19.9 Å². The van der Waals surface area contributed by atoms with Crippen molar-refractivity contribution in [3.63, 3.8) is 0 Å². The van der Waals surface area contributed by atoms with Crippen molar-refractivity contribution in [1.29, 1.82) is 5.26 Å². The molecule has 194 valence electrons. The second-order valence-corrected chi connectivity index (χ2v) is 9.23. The van der Waals surface area contributed by atoms with Gasteiger partial charge in [0.2, 0.25) is 0 Å². The lowest BCUT2D eigenvalue weighted by Crippen LogP contribution is -2.19. The van der Waals surface area contributed by atoms with Crippen molar-refractivity contribution in [1.82, 2.24) is 15.1 Å². The molecule has 8 nitrogen and oxygen atoms in total. The van der Waals surface area contributed by atoms with E-state index in [2.05, 4.69) is 15.1 Å². The van der Waals surface area contributed by atoms with E-state index >= 15 is 4.39 Å². The maximum atomic E-state index is 16.3. The second-order valence-electron chi connectivity index (χ2n) is 8.18. The highest BCUT2D eigenvalue weighted by atomic mass is 32.1. The molecule has 14 heteroatoms. The Labute approximate surface area is 214 Å². The van der Waals surface area contributed by atoms with Crippen LogP contribution in [0.4, 0.5) is 32.8 Å². The van der Waals surface area contributed by atoms with Crippen LogP contribution in [-0.4, -0.2) is 29.3 Å². The maximum Gasteiger partial charge on any atom is 0.417 e. The van der Waals surface area contributed by atoms with Gasteiger partial charge in [0.25, 0.3) is 0 Å². The average molecular weight is 546 g/mol. The summed E-state index contributed by atoms with van der Waals surface area (Å²) in [7, 11) is 2.76. The van der Waals surface area contributed by atoms with E-state index in [-0.39, 0.29) is 50.0 Å². The molecule has 0 spiro atoms. The minimum absolute atomic E-state index is 0.0502. The van der Waals surface area contributed by atoms with E-state index in [1.807, 2.05) is 0 Å². The van der Waals surface area contributed by atoms with Crippen molar-refractivity contribution in [2.75, 3.05) is 24.8 Å². The van der Waals surface area contributed by atoms with Crippen LogP contribution in [0.25, 0.3) is 32.1 Å². The lowest BCUT2D eigenvalue weighted by atomic mass is 9.92. The third kappa shape index (κ3) is 4.01. The van der Waals surface area contributed by atoms with E-state index in [4.69, 9.17) is 15.0 Å². The van der Waals surface area contributed by atoms with E-state index in [1.54, 1.807) is 6.07 Å². The fourth-order valence-electron chi connectivity index (χ4n) is 4.22. The Bertz CT molecular complexity index is 1740. The molecule has 38 heavy (non-hydrogen) atoms. The summed E-state index contributed by atoms with van der Waals surface area (Å²) in [5.41, 5.74) is 3.09. The number of rotatable bonds is 5. The van der Waals surface area contributed by atoms with Gasteiger partial charge in [0, 0.05) is 35.5 Å². The first-order chi connectivity index (χ1) is 18.0. The van der Waals surface area contributed by atoms with Crippen LogP contribution < -0.4 is 15.4 Å². The van der Waals surface area contributed by atoms with Crippen LogP contribution >= 0.6 is 11.3 Å². The van der Waals surface area contributed by atoms with Crippen molar-refractivity contribution in [3.8, 4) is 23.2 Å². The molecule has 0 unspecified atom stereocenters. The Morgan fingerprint density at radius 2 is 2.00 bits per heavy atom. The molecule has 2 N–H and O–H groups in total. The number of methoxy groups -OCH3 is 1. The number of benzene rings is 2. The van der Waals surface area contributed by atoms with E-state index < -0.39 is 34.5 Å². The van der Waals surface area contributed by atoms with E-state index in [9.17, 15) is 22.8 Å². The van der Waals surface area contributed by atoms with Crippen LogP contribution in [0.2, 0.25) is 0 Å². The molecule has 5 rings (SSSR count). The Morgan fingerprint density at radius 3 is 2.63 bits per heavy atom. The number of anilines is 2. The smallest absolute Gasteiger partial charge is 0.417 e. The van der Waals surface area contributed by atoms with Gasteiger partial charge >= 0.3 is 12.2 Å². The largest absolute Gasteiger partial charge is 0.467 e. The van der Waals surface area contributed by atoms with Gasteiger partial charge in [0.1, 0.15) is 34.5 Å². The molecule has 0 saturated heterocycles. The number of ether oxygens (including phenoxy) is 1. The number of nitriles is 1. The van der Waals surface area contributed by atoms with Crippen molar-refractivity contribution in [2.24, 2.45) is 0 Å². The molecule has 3 aromatic heterocycles. The number of nitrogen functional groups attached to an aromatic ring is 1. The lowest BCUT2D eigenvalue weighted by Gasteiger charge is -2.22. The van der Waals surface area contributed by atoms with E-state index in [0.717, 1.165) is 18.2 Å². The molecule has 0 saturated carbocycles. The van der Waals surface area contributed by atoms with Gasteiger partial charge in [-0.1, -0.05) is 11.2 Å². The Balaban J connectivity index is 1.88. The predicted molar refractivity (Wildman–Crippen MR) is 130 cm³/mol. The minimum Gasteiger partial charge on any atom is -0.467 e. The Hall–Kier alpha value is -4.51. The van der Waals surface area contributed by atoms with Gasteiger partial charge in [-0.2, -0.15) is 28.4 Å². The SMILES string of the molecule is COc1nc(N(C)Cc2cnoc2)c2cc(C(F)(F)F)c(-c3ccc(F)c4sc(N)c(C#N)c34)c(F)c2n1. The summed E-state index contributed by atoms with van der Waals surface area (Å²) in [4.78, 5) is 9.61. The summed E-state index contributed by atoms with van der Waals surface area (Å²) < 4.78 is 83.9. The fraction of sp³-hybridized carbons (Fsp3) is 0.167. The number of hydrogen-bond acceptors (Lipinski definition) is 9. The lowest BCUT2D eigenvalue weighted by molar-refractivity contribution is -0.137. The van der Waals surface area contributed by atoms with Crippen molar-refractivity contribution < 1.29 is 31.2 Å². The summed E-state index contributed by atoms with van der Waals surface area (Å²) >= 11 is 0.687. The first-order valence-corrected chi connectivity index (χ1v) is 11.5. The summed E-state index contributed by atoms with van der Waals surface area (Å²) in [6.45, 7) is 0.113.